The van der Waals surface area contributed by atoms with E-state index in [1.54, 1.807) is 0 Å². The van der Waals surface area contributed by atoms with Gasteiger partial charge in [0, 0.05) is 49.2 Å². The number of anilines is 1. The number of alkyl halides is 3. The summed E-state index contributed by atoms with van der Waals surface area (Å²) in [7, 11) is 0. The average Bonchev–Trinajstić information content (AvgIpc) is 3.26. The summed E-state index contributed by atoms with van der Waals surface area (Å²) >= 11 is 0. The first-order valence-electron chi connectivity index (χ1n) is 13.3. The van der Waals surface area contributed by atoms with Gasteiger partial charge in [0.15, 0.2) is 0 Å². The van der Waals surface area contributed by atoms with E-state index in [2.05, 4.69) is 46.6 Å². The number of amides is 1. The number of piperidine rings is 2. The third-order valence-electron chi connectivity index (χ3n) is 7.70. The molecule has 4 heterocycles. The third-order valence-corrected chi connectivity index (χ3v) is 7.70. The molecule has 1 amide bonds. The quantitative estimate of drug-likeness (QED) is 0.495. The van der Waals surface area contributed by atoms with E-state index in [1.807, 2.05) is 23.1 Å². The number of halogens is 3. The van der Waals surface area contributed by atoms with Crippen molar-refractivity contribution in [1.82, 2.24) is 15.2 Å². The maximum atomic E-state index is 13.5. The average molecular weight is 541 g/mol. The van der Waals surface area contributed by atoms with Crippen molar-refractivity contribution >= 4 is 28.5 Å². The Morgan fingerprint density at radius 1 is 1.05 bits per heavy atom. The molecule has 2 N–H and O–H groups in total. The summed E-state index contributed by atoms with van der Waals surface area (Å²) in [5, 5.41) is 12.0. The van der Waals surface area contributed by atoms with Crippen molar-refractivity contribution in [1.29, 1.82) is 0 Å². The smallest absolute Gasteiger partial charge is 0.475 e. The zero-order chi connectivity index (χ0) is 27.6. The Bertz CT molecular complexity index is 1360. The van der Waals surface area contributed by atoms with Gasteiger partial charge in [-0.15, -0.1) is 0 Å². The molecule has 0 bridgehead atoms. The van der Waals surface area contributed by atoms with Crippen molar-refractivity contribution in [3.05, 3.63) is 71.4 Å². The maximum absolute atomic E-state index is 13.5. The first-order chi connectivity index (χ1) is 18.7. The highest BCUT2D eigenvalue weighted by molar-refractivity contribution is 6.03. The van der Waals surface area contributed by atoms with Crippen LogP contribution in [0.2, 0.25) is 0 Å². The molecule has 0 aliphatic carbocycles. The van der Waals surface area contributed by atoms with Crippen molar-refractivity contribution < 1.29 is 27.9 Å². The van der Waals surface area contributed by atoms with Crippen LogP contribution in [-0.2, 0) is 17.8 Å². The number of benzene rings is 2. The van der Waals surface area contributed by atoms with Gasteiger partial charge in [-0.25, -0.2) is 4.79 Å². The number of hydrogen-bond acceptors (Lipinski definition) is 5. The van der Waals surface area contributed by atoms with E-state index < -0.39 is 12.1 Å². The summed E-state index contributed by atoms with van der Waals surface area (Å²) in [5.41, 5.74) is 5.32. The second-order valence-corrected chi connectivity index (χ2v) is 10.2. The lowest BCUT2D eigenvalue weighted by molar-refractivity contribution is -0.192. The molecule has 2 fully saturated rings. The summed E-state index contributed by atoms with van der Waals surface area (Å²) in [6.45, 7) is 3.58. The summed E-state index contributed by atoms with van der Waals surface area (Å²) in [5.74, 6) is -2.57. The minimum absolute atomic E-state index is 0.183. The van der Waals surface area contributed by atoms with Crippen LogP contribution in [0, 0.1) is 0 Å². The lowest BCUT2D eigenvalue weighted by Gasteiger charge is -2.46. The Balaban J connectivity index is 0.000000392. The first-order valence-corrected chi connectivity index (χ1v) is 13.3. The van der Waals surface area contributed by atoms with E-state index in [-0.39, 0.29) is 5.91 Å². The summed E-state index contributed by atoms with van der Waals surface area (Å²) in [4.78, 5) is 31.7. The first kappa shape index (κ1) is 26.9. The molecule has 6 rings (SSSR count). The van der Waals surface area contributed by atoms with Gasteiger partial charge in [0.2, 0.25) is 0 Å². The van der Waals surface area contributed by atoms with E-state index >= 15 is 0 Å². The maximum Gasteiger partial charge on any atom is 0.490 e. The minimum Gasteiger partial charge on any atom is -0.475 e. The highest BCUT2D eigenvalue weighted by Crippen LogP contribution is 2.36. The molecule has 2 aromatic carbocycles. The molecular formula is C29H31F3N4O3. The van der Waals surface area contributed by atoms with Gasteiger partial charge in [0.25, 0.3) is 5.91 Å². The molecule has 1 aromatic heterocycles. The van der Waals surface area contributed by atoms with Crippen LogP contribution in [-0.4, -0.2) is 64.8 Å². The fraction of sp³-hybridized carbons (Fsp3) is 0.414. The topological polar surface area (TPSA) is 85.8 Å². The molecular weight excluding hydrogens is 509 g/mol. The number of rotatable bonds is 4. The fourth-order valence-corrected chi connectivity index (χ4v) is 5.87. The predicted octanol–water partition coefficient (Wildman–Crippen LogP) is 4.79. The van der Waals surface area contributed by atoms with E-state index in [9.17, 15) is 18.0 Å². The number of pyridine rings is 1. The zero-order valence-corrected chi connectivity index (χ0v) is 21.5. The number of carbonyl (C=O) groups excluding carboxylic acids is 1. The molecule has 10 heteroatoms. The molecule has 39 heavy (non-hydrogen) atoms. The van der Waals surface area contributed by atoms with Gasteiger partial charge in [0.05, 0.1) is 16.8 Å². The second kappa shape index (κ2) is 11.2. The van der Waals surface area contributed by atoms with Crippen LogP contribution in [0.15, 0.2) is 54.6 Å². The van der Waals surface area contributed by atoms with Crippen LogP contribution in [0.25, 0.3) is 10.9 Å². The zero-order valence-electron chi connectivity index (χ0n) is 21.5. The van der Waals surface area contributed by atoms with Gasteiger partial charge < -0.3 is 20.2 Å². The largest absolute Gasteiger partial charge is 0.490 e. The number of nitrogens with one attached hydrogen (secondary N) is 1. The van der Waals surface area contributed by atoms with E-state index in [0.717, 1.165) is 47.4 Å². The number of aromatic nitrogens is 1. The summed E-state index contributed by atoms with van der Waals surface area (Å²) < 4.78 is 31.7. The Hall–Kier alpha value is -3.66. The monoisotopic (exact) mass is 540 g/mol. The summed E-state index contributed by atoms with van der Waals surface area (Å²) in [6, 6.07) is 19.9. The van der Waals surface area contributed by atoms with Gasteiger partial charge >= 0.3 is 12.1 Å². The normalized spacial score (nSPS) is 20.7. The van der Waals surface area contributed by atoms with Crippen molar-refractivity contribution in [3.8, 4) is 0 Å². The van der Waals surface area contributed by atoms with Crippen LogP contribution >= 0.6 is 0 Å². The lowest BCUT2D eigenvalue weighted by Crippen LogP contribution is -2.57. The molecule has 0 saturated carbocycles. The van der Waals surface area contributed by atoms with Gasteiger partial charge in [-0.05, 0) is 56.0 Å². The Labute approximate surface area is 224 Å². The number of para-hydroxylation sites is 1. The third kappa shape index (κ3) is 5.85. The van der Waals surface area contributed by atoms with Gasteiger partial charge in [-0.3, -0.25) is 9.78 Å². The van der Waals surface area contributed by atoms with E-state index in [0.29, 0.717) is 25.2 Å². The number of nitrogens with zero attached hydrogens (tertiary/aromatic N) is 3. The molecule has 2 unspecified atom stereocenters. The van der Waals surface area contributed by atoms with Crippen LogP contribution < -0.4 is 10.2 Å². The van der Waals surface area contributed by atoms with E-state index in [4.69, 9.17) is 14.9 Å². The molecule has 0 radical (unpaired) electrons. The van der Waals surface area contributed by atoms with Crippen molar-refractivity contribution in [2.45, 2.75) is 56.9 Å². The fourth-order valence-electron chi connectivity index (χ4n) is 5.87. The van der Waals surface area contributed by atoms with Crippen LogP contribution in [0.4, 0.5) is 18.9 Å². The van der Waals surface area contributed by atoms with Gasteiger partial charge in [0.1, 0.15) is 0 Å². The molecule has 206 valence electrons. The molecule has 3 aliphatic rings. The number of carboxylic acid groups (broad SMARTS) is 1. The van der Waals surface area contributed by atoms with Gasteiger partial charge in [-0.1, -0.05) is 36.4 Å². The highest BCUT2D eigenvalue weighted by atomic mass is 19.4. The Morgan fingerprint density at radius 3 is 2.64 bits per heavy atom. The second-order valence-electron chi connectivity index (χ2n) is 10.2. The number of aliphatic carboxylic acids is 1. The van der Waals surface area contributed by atoms with Crippen LogP contribution in [0.1, 0.15) is 47.3 Å². The van der Waals surface area contributed by atoms with Gasteiger partial charge in [-0.2, -0.15) is 13.2 Å². The number of hydrogen-bond donors (Lipinski definition) is 2. The minimum atomic E-state index is -5.08. The van der Waals surface area contributed by atoms with Crippen molar-refractivity contribution in [2.24, 2.45) is 0 Å². The van der Waals surface area contributed by atoms with Crippen LogP contribution in [0.5, 0.6) is 0 Å². The number of fused-ring (bicyclic) bond motifs is 3. The van der Waals surface area contributed by atoms with E-state index in [1.165, 1.54) is 31.2 Å². The molecule has 3 aliphatic heterocycles. The highest BCUT2D eigenvalue weighted by Gasteiger charge is 2.39. The molecule has 7 nitrogen and oxygen atoms in total. The standard InChI is InChI=1S/C27H30N4O.C2HF3O2/c32-27-26-20(7-3-10-25(26)31-16-5-9-23-24(31)11-4-15-28-23)18-30(27)17-14-21-13-12-19-6-1-2-8-22(19)29-21;3-2(4,5)1(6)7/h1-3,6-8,10,12-13,23-24,28H,4-5,9,11,14-18H2;(H,6,7). The van der Waals surface area contributed by atoms with Crippen LogP contribution in [0.3, 0.4) is 0 Å². The lowest BCUT2D eigenvalue weighted by atomic mass is 9.88. The van der Waals surface area contributed by atoms with Crippen molar-refractivity contribution in [3.63, 3.8) is 0 Å². The van der Waals surface area contributed by atoms with Crippen molar-refractivity contribution in [2.75, 3.05) is 24.5 Å². The SMILES string of the molecule is O=C(O)C(F)(F)F.O=C1c2c(cccc2N2CCCC3NCCCC32)CN1CCc1ccc2ccccc2n1. The number of carboxylic acids is 1. The summed E-state index contributed by atoms with van der Waals surface area (Å²) in [6.07, 6.45) is 0.551. The predicted molar refractivity (Wildman–Crippen MR) is 142 cm³/mol. The Morgan fingerprint density at radius 2 is 1.85 bits per heavy atom. The molecule has 2 saturated heterocycles. The molecule has 0 spiro atoms. The Kier molecular flexibility index (Phi) is 7.74. The molecule has 2 atom stereocenters. The molecule has 3 aromatic rings. The number of carbonyl (C=O) groups is 2.